The Hall–Kier alpha value is -1.52. The van der Waals surface area contributed by atoms with Crippen molar-refractivity contribution in [1.29, 1.82) is 0 Å². The minimum Gasteiger partial charge on any atom is -0.506 e. The molecule has 2 aromatic rings. The van der Waals surface area contributed by atoms with Crippen LogP contribution in [0, 0.1) is 0 Å². The molecule has 0 saturated carbocycles. The van der Waals surface area contributed by atoms with Crippen molar-refractivity contribution in [2.24, 2.45) is 0 Å². The van der Waals surface area contributed by atoms with Gasteiger partial charge in [-0.05, 0) is 37.3 Å². The van der Waals surface area contributed by atoms with Gasteiger partial charge in [-0.15, -0.1) is 0 Å². The van der Waals surface area contributed by atoms with Gasteiger partial charge in [0, 0.05) is 10.9 Å². The van der Waals surface area contributed by atoms with Crippen LogP contribution < -0.4 is 10.5 Å². The highest BCUT2D eigenvalue weighted by Gasteiger charge is 2.23. The average Bonchev–Trinajstić information content (AvgIpc) is 2.45. The zero-order valence-corrected chi connectivity index (χ0v) is 13.0. The van der Waals surface area contributed by atoms with Crippen LogP contribution in [0.2, 0.25) is 5.02 Å². The Morgan fingerprint density at radius 1 is 1.29 bits per heavy atom. The van der Waals surface area contributed by atoms with Crippen LogP contribution in [0.3, 0.4) is 0 Å². The third-order valence-electron chi connectivity index (χ3n) is 4.07. The molecule has 1 aromatic heterocycles. The quantitative estimate of drug-likeness (QED) is 0.830. The Balaban J connectivity index is 2.38. The van der Waals surface area contributed by atoms with Crippen LogP contribution in [-0.2, 0) is 19.4 Å². The molecule has 0 saturated heterocycles. The average molecular weight is 309 g/mol. The summed E-state index contributed by atoms with van der Waals surface area (Å²) in [6, 6.07) is 1.73. The number of phenols is 1. The van der Waals surface area contributed by atoms with E-state index in [1.54, 1.807) is 6.07 Å². The normalized spacial score (nSPS) is 14.7. The van der Waals surface area contributed by atoms with Crippen LogP contribution >= 0.6 is 11.6 Å². The van der Waals surface area contributed by atoms with E-state index in [0.717, 1.165) is 47.1 Å². The van der Waals surface area contributed by atoms with E-state index >= 15 is 0 Å². The Labute approximate surface area is 127 Å². The summed E-state index contributed by atoms with van der Waals surface area (Å²) >= 11 is 6.18. The first-order chi connectivity index (χ1) is 9.99. The smallest absolute Gasteiger partial charge is 0.339 e. The van der Waals surface area contributed by atoms with Gasteiger partial charge in [0.2, 0.25) is 0 Å². The first-order valence-corrected chi connectivity index (χ1v) is 7.64. The molecule has 3 rings (SSSR count). The lowest BCUT2D eigenvalue weighted by Gasteiger charge is -2.18. The van der Waals surface area contributed by atoms with Crippen molar-refractivity contribution in [1.82, 2.24) is 0 Å². The molecular weight excluding hydrogens is 290 g/mol. The molecule has 0 unspecified atom stereocenters. The van der Waals surface area contributed by atoms with Crippen LogP contribution in [0.4, 0.5) is 0 Å². The van der Waals surface area contributed by atoms with Gasteiger partial charge >= 0.3 is 5.63 Å². The second kappa shape index (κ2) is 5.35. The molecule has 1 aromatic carbocycles. The number of hydrogen-bond donors (Lipinski definition) is 2. The number of aromatic hydroxyl groups is 1. The lowest BCUT2D eigenvalue weighted by atomic mass is 9.90. The first-order valence-electron chi connectivity index (χ1n) is 7.27. The van der Waals surface area contributed by atoms with Gasteiger partial charge < -0.3 is 14.4 Å². The van der Waals surface area contributed by atoms with E-state index in [4.69, 9.17) is 16.0 Å². The molecule has 1 aliphatic rings. The summed E-state index contributed by atoms with van der Waals surface area (Å²) in [7, 11) is 3.95. The second-order valence-corrected chi connectivity index (χ2v) is 6.41. The SMILES string of the molecule is C[NH+](C)Cc1c(O)c(Cl)cc2c3c(c(=O)oc12)CCCC3. The van der Waals surface area contributed by atoms with E-state index in [1.807, 2.05) is 14.1 Å². The molecule has 5 heteroatoms. The van der Waals surface area contributed by atoms with E-state index in [1.165, 1.54) is 0 Å². The zero-order chi connectivity index (χ0) is 15.1. The van der Waals surface area contributed by atoms with Crippen molar-refractivity contribution in [2.75, 3.05) is 14.1 Å². The monoisotopic (exact) mass is 308 g/mol. The van der Waals surface area contributed by atoms with Crippen LogP contribution in [0.1, 0.15) is 29.5 Å². The highest BCUT2D eigenvalue weighted by molar-refractivity contribution is 6.33. The summed E-state index contributed by atoms with van der Waals surface area (Å²) in [5, 5.41) is 11.4. The Bertz CT molecular complexity index is 764. The maximum absolute atomic E-state index is 12.2. The fourth-order valence-corrected chi connectivity index (χ4v) is 3.34. The molecule has 2 N–H and O–H groups in total. The van der Waals surface area contributed by atoms with E-state index < -0.39 is 0 Å². The number of quaternary nitrogens is 1. The van der Waals surface area contributed by atoms with Gasteiger partial charge in [0.25, 0.3) is 0 Å². The zero-order valence-electron chi connectivity index (χ0n) is 12.3. The maximum atomic E-state index is 12.2. The van der Waals surface area contributed by atoms with Crippen molar-refractivity contribution in [3.05, 3.63) is 38.2 Å². The van der Waals surface area contributed by atoms with Crippen LogP contribution in [-0.4, -0.2) is 19.2 Å². The molecule has 0 spiro atoms. The Morgan fingerprint density at radius 2 is 1.95 bits per heavy atom. The number of aryl methyl sites for hydroxylation is 1. The molecule has 0 bridgehead atoms. The standard InChI is InChI=1S/C16H18ClNO3/c1-18(2)8-12-14(19)13(17)7-11-9-5-3-4-6-10(9)16(20)21-15(11)12/h7,19H,3-6,8H2,1-2H3/p+1. The summed E-state index contributed by atoms with van der Waals surface area (Å²) in [5.74, 6) is 0.0178. The van der Waals surface area contributed by atoms with Crippen molar-refractivity contribution < 1.29 is 14.4 Å². The fourth-order valence-electron chi connectivity index (χ4n) is 3.12. The third-order valence-corrected chi connectivity index (χ3v) is 4.35. The topological polar surface area (TPSA) is 54.9 Å². The Kier molecular flexibility index (Phi) is 3.68. The van der Waals surface area contributed by atoms with Crippen molar-refractivity contribution >= 4 is 22.6 Å². The van der Waals surface area contributed by atoms with Crippen molar-refractivity contribution in [3.63, 3.8) is 0 Å². The van der Waals surface area contributed by atoms with Crippen LogP contribution in [0.5, 0.6) is 5.75 Å². The van der Waals surface area contributed by atoms with Gasteiger partial charge in [-0.1, -0.05) is 11.6 Å². The van der Waals surface area contributed by atoms with Gasteiger partial charge in [-0.25, -0.2) is 4.79 Å². The lowest BCUT2D eigenvalue weighted by molar-refractivity contribution is -0.872. The maximum Gasteiger partial charge on any atom is 0.339 e. The summed E-state index contributed by atoms with van der Waals surface area (Å²) < 4.78 is 5.54. The number of hydrogen-bond acceptors (Lipinski definition) is 3. The molecule has 0 aliphatic heterocycles. The van der Waals surface area contributed by atoms with E-state index in [9.17, 15) is 9.90 Å². The highest BCUT2D eigenvalue weighted by atomic mass is 35.5. The number of benzene rings is 1. The first kappa shape index (κ1) is 14.4. The van der Waals surface area contributed by atoms with Gasteiger partial charge in [0.15, 0.2) is 5.58 Å². The molecule has 21 heavy (non-hydrogen) atoms. The van der Waals surface area contributed by atoms with Crippen LogP contribution in [0.15, 0.2) is 15.3 Å². The van der Waals surface area contributed by atoms with Crippen LogP contribution in [0.25, 0.3) is 11.0 Å². The molecular formula is C16H19ClNO3+. The molecule has 1 heterocycles. The van der Waals surface area contributed by atoms with Gasteiger partial charge in [-0.2, -0.15) is 0 Å². The molecule has 0 atom stereocenters. The summed E-state index contributed by atoms with van der Waals surface area (Å²) in [5.41, 5.74) is 2.66. The van der Waals surface area contributed by atoms with Gasteiger partial charge in [0.1, 0.15) is 12.3 Å². The van der Waals surface area contributed by atoms with E-state index in [0.29, 0.717) is 22.7 Å². The van der Waals surface area contributed by atoms with Crippen molar-refractivity contribution in [3.8, 4) is 5.75 Å². The van der Waals surface area contributed by atoms with Gasteiger partial charge in [0.05, 0.1) is 24.7 Å². The predicted molar refractivity (Wildman–Crippen MR) is 82.3 cm³/mol. The van der Waals surface area contributed by atoms with Crippen molar-refractivity contribution in [2.45, 2.75) is 32.2 Å². The number of fused-ring (bicyclic) bond motifs is 3. The number of halogens is 1. The summed E-state index contributed by atoms with van der Waals surface area (Å²) in [4.78, 5) is 13.3. The summed E-state index contributed by atoms with van der Waals surface area (Å²) in [6.45, 7) is 0.546. The Morgan fingerprint density at radius 3 is 2.62 bits per heavy atom. The second-order valence-electron chi connectivity index (χ2n) is 6.00. The molecule has 1 aliphatic carbocycles. The molecule has 0 amide bonds. The van der Waals surface area contributed by atoms with E-state index in [2.05, 4.69) is 0 Å². The number of phenolic OH excluding ortho intramolecular Hbond substituents is 1. The molecule has 4 nitrogen and oxygen atoms in total. The van der Waals surface area contributed by atoms with E-state index in [-0.39, 0.29) is 11.4 Å². The van der Waals surface area contributed by atoms with Gasteiger partial charge in [-0.3, -0.25) is 0 Å². The number of nitrogens with one attached hydrogen (secondary N) is 1. The largest absolute Gasteiger partial charge is 0.506 e. The predicted octanol–water partition coefficient (Wildman–Crippen LogP) is 1.68. The molecule has 112 valence electrons. The molecule has 0 radical (unpaired) electrons. The summed E-state index contributed by atoms with van der Waals surface area (Å²) in [6.07, 6.45) is 3.72. The molecule has 0 fully saturated rings. The number of rotatable bonds is 2. The highest BCUT2D eigenvalue weighted by Crippen LogP contribution is 2.37. The minimum absolute atomic E-state index is 0.0178. The lowest BCUT2D eigenvalue weighted by Crippen LogP contribution is -3.04. The third kappa shape index (κ3) is 2.43. The minimum atomic E-state index is -0.270. The fraction of sp³-hybridized carbons (Fsp3) is 0.438.